The van der Waals surface area contributed by atoms with Gasteiger partial charge < -0.3 is 16.0 Å². The Labute approximate surface area is 209 Å². The second-order valence-electron chi connectivity index (χ2n) is 8.55. The van der Waals surface area contributed by atoms with E-state index in [-0.39, 0.29) is 11.5 Å². The van der Waals surface area contributed by atoms with Crippen LogP contribution in [0.2, 0.25) is 0 Å². The number of benzene rings is 2. The van der Waals surface area contributed by atoms with Crippen molar-refractivity contribution in [2.24, 2.45) is 0 Å². The number of aromatic nitrogens is 3. The zero-order valence-electron chi connectivity index (χ0n) is 20.4. The molecule has 36 heavy (non-hydrogen) atoms. The first kappa shape index (κ1) is 25.0. The molecule has 184 valence electrons. The number of hydrogen-bond acceptors (Lipinski definition) is 4. The van der Waals surface area contributed by atoms with Crippen LogP contribution >= 0.6 is 0 Å². The first-order valence-corrected chi connectivity index (χ1v) is 11.8. The molecule has 0 fully saturated rings. The van der Waals surface area contributed by atoms with Crippen molar-refractivity contribution in [2.75, 3.05) is 12.3 Å². The summed E-state index contributed by atoms with van der Waals surface area (Å²) in [6, 6.07) is 11.6. The van der Waals surface area contributed by atoms with Crippen molar-refractivity contribution in [1.82, 2.24) is 20.3 Å². The van der Waals surface area contributed by atoms with E-state index in [9.17, 15) is 8.78 Å². The molecule has 0 aliphatic heterocycles. The number of nitrogens with two attached hydrogens (primary N) is 1. The molecule has 7 heteroatoms. The highest BCUT2D eigenvalue weighted by molar-refractivity contribution is 5.80. The quantitative estimate of drug-likeness (QED) is 0.202. The van der Waals surface area contributed by atoms with Gasteiger partial charge in [-0.1, -0.05) is 37.8 Å². The van der Waals surface area contributed by atoms with E-state index in [0.717, 1.165) is 28.9 Å². The van der Waals surface area contributed by atoms with Gasteiger partial charge in [-0.15, -0.1) is 0 Å². The Morgan fingerprint density at radius 3 is 2.72 bits per heavy atom. The molecule has 2 aromatic heterocycles. The monoisotopic (exact) mass is 485 g/mol. The van der Waals surface area contributed by atoms with E-state index in [0.29, 0.717) is 41.2 Å². The smallest absolute Gasteiger partial charge is 0.146 e. The number of imidazole rings is 1. The van der Waals surface area contributed by atoms with Crippen LogP contribution in [0.1, 0.15) is 40.8 Å². The molecule has 5 nitrogen and oxygen atoms in total. The number of nitrogens with zero attached hydrogens (tertiary/aromatic N) is 2. The minimum atomic E-state index is -0.491. The number of nitrogen functional groups attached to an aromatic ring is 1. The van der Waals surface area contributed by atoms with Crippen molar-refractivity contribution >= 4 is 11.3 Å². The number of allylic oxidation sites excluding steroid dienone is 2. The molecule has 4 aromatic rings. The second kappa shape index (κ2) is 11.1. The van der Waals surface area contributed by atoms with Crippen LogP contribution < -0.4 is 11.1 Å². The Morgan fingerprint density at radius 2 is 1.97 bits per heavy atom. The van der Waals surface area contributed by atoms with Crippen LogP contribution in [0.5, 0.6) is 0 Å². The summed E-state index contributed by atoms with van der Waals surface area (Å²) >= 11 is 0. The van der Waals surface area contributed by atoms with Crippen LogP contribution in [-0.4, -0.2) is 21.5 Å². The van der Waals surface area contributed by atoms with E-state index in [1.807, 2.05) is 32.0 Å². The first-order valence-electron chi connectivity index (χ1n) is 11.8. The summed E-state index contributed by atoms with van der Waals surface area (Å²) in [5, 5.41) is 3.27. The van der Waals surface area contributed by atoms with E-state index in [1.165, 1.54) is 18.2 Å². The number of halogens is 2. The van der Waals surface area contributed by atoms with Crippen molar-refractivity contribution in [3.05, 3.63) is 119 Å². The SMILES string of the molecule is C=C/C=C(/c1cccc(F)c1)c1nc(Cc2cc(-c3cncc(CNCC)c3)cc(F)c2N)[nH]c1C. The number of nitrogens with one attached hydrogen (secondary N) is 2. The lowest BCUT2D eigenvalue weighted by molar-refractivity contribution is 0.627. The van der Waals surface area contributed by atoms with Crippen LogP contribution in [0.15, 0.2) is 73.6 Å². The van der Waals surface area contributed by atoms with E-state index < -0.39 is 5.82 Å². The number of anilines is 1. The van der Waals surface area contributed by atoms with E-state index in [4.69, 9.17) is 10.7 Å². The Hall–Kier alpha value is -4.10. The molecule has 0 aliphatic carbocycles. The Morgan fingerprint density at radius 1 is 1.14 bits per heavy atom. The molecule has 0 amide bonds. The van der Waals surface area contributed by atoms with E-state index >= 15 is 0 Å². The first-order chi connectivity index (χ1) is 17.4. The summed E-state index contributed by atoms with van der Waals surface area (Å²) in [5.74, 6) is -0.203. The predicted octanol–water partition coefficient (Wildman–Crippen LogP) is 5.96. The van der Waals surface area contributed by atoms with Crippen LogP contribution in [0, 0.1) is 18.6 Å². The highest BCUT2D eigenvalue weighted by Crippen LogP contribution is 2.30. The van der Waals surface area contributed by atoms with Crippen molar-refractivity contribution in [2.45, 2.75) is 26.8 Å². The van der Waals surface area contributed by atoms with E-state index in [2.05, 4.69) is 21.9 Å². The van der Waals surface area contributed by atoms with Gasteiger partial charge in [0.25, 0.3) is 0 Å². The van der Waals surface area contributed by atoms with Crippen molar-refractivity contribution < 1.29 is 8.78 Å². The average Bonchev–Trinajstić information content (AvgIpc) is 3.23. The summed E-state index contributed by atoms with van der Waals surface area (Å²) < 4.78 is 28.7. The Kier molecular flexibility index (Phi) is 7.71. The fraction of sp³-hybridized carbons (Fsp3) is 0.172. The standard InChI is InChI=1S/C29H29F2N5/c1-4-7-25(20-8-6-9-24(30)12-20)29-18(3)35-27(36-29)14-22-11-21(13-26(31)28(22)32)23-10-19(15-33-5-2)16-34-17-23/h4,6-13,16-17,33H,1,5,14-15,32H2,2-3H3,(H,35,36)/b25-7-. The van der Waals surface area contributed by atoms with Gasteiger partial charge in [0.15, 0.2) is 0 Å². The number of aromatic amines is 1. The van der Waals surface area contributed by atoms with Crippen LogP contribution in [0.3, 0.4) is 0 Å². The van der Waals surface area contributed by atoms with Crippen LogP contribution in [0.25, 0.3) is 16.7 Å². The van der Waals surface area contributed by atoms with Gasteiger partial charge in [0.2, 0.25) is 0 Å². The van der Waals surface area contributed by atoms with Gasteiger partial charge >= 0.3 is 0 Å². The predicted molar refractivity (Wildman–Crippen MR) is 141 cm³/mol. The summed E-state index contributed by atoms with van der Waals surface area (Å²) in [7, 11) is 0. The fourth-order valence-corrected chi connectivity index (χ4v) is 4.13. The number of rotatable bonds is 9. The molecular formula is C29H29F2N5. The molecule has 2 aromatic carbocycles. The van der Waals surface area contributed by atoms with E-state index in [1.54, 1.807) is 30.6 Å². The number of hydrogen-bond donors (Lipinski definition) is 3. The summed E-state index contributed by atoms with van der Waals surface area (Å²) in [6.07, 6.45) is 7.24. The summed E-state index contributed by atoms with van der Waals surface area (Å²) in [5.41, 5.74) is 12.2. The van der Waals surface area contributed by atoms with Gasteiger partial charge in [-0.3, -0.25) is 4.98 Å². The molecule has 0 saturated heterocycles. The third-order valence-electron chi connectivity index (χ3n) is 5.89. The maximum Gasteiger partial charge on any atom is 0.146 e. The summed E-state index contributed by atoms with van der Waals surface area (Å²) in [6.45, 7) is 9.24. The molecule has 4 N–H and O–H groups in total. The number of H-pyrrole nitrogens is 1. The minimum absolute atomic E-state index is 0.0816. The minimum Gasteiger partial charge on any atom is -0.396 e. The van der Waals surface area contributed by atoms with Gasteiger partial charge in [-0.2, -0.15) is 0 Å². The van der Waals surface area contributed by atoms with Crippen LogP contribution in [0.4, 0.5) is 14.5 Å². The third-order valence-corrected chi connectivity index (χ3v) is 5.89. The Balaban J connectivity index is 1.68. The molecule has 0 radical (unpaired) electrons. The molecule has 0 spiro atoms. The van der Waals surface area contributed by atoms with Crippen molar-refractivity contribution in [3.8, 4) is 11.1 Å². The van der Waals surface area contributed by atoms with Crippen LogP contribution in [-0.2, 0) is 13.0 Å². The molecular weight excluding hydrogens is 456 g/mol. The highest BCUT2D eigenvalue weighted by atomic mass is 19.1. The summed E-state index contributed by atoms with van der Waals surface area (Å²) in [4.78, 5) is 12.3. The van der Waals surface area contributed by atoms with Crippen molar-refractivity contribution in [1.29, 1.82) is 0 Å². The third kappa shape index (κ3) is 5.58. The van der Waals surface area contributed by atoms with Gasteiger partial charge in [-0.05, 0) is 66.1 Å². The molecule has 0 aliphatic rings. The van der Waals surface area contributed by atoms with Crippen molar-refractivity contribution in [3.63, 3.8) is 0 Å². The maximum atomic E-state index is 14.9. The second-order valence-corrected chi connectivity index (χ2v) is 8.55. The van der Waals surface area contributed by atoms with Gasteiger partial charge in [0.05, 0.1) is 11.4 Å². The zero-order valence-corrected chi connectivity index (χ0v) is 20.4. The highest BCUT2D eigenvalue weighted by Gasteiger charge is 2.17. The molecule has 0 unspecified atom stereocenters. The average molecular weight is 486 g/mol. The topological polar surface area (TPSA) is 79.6 Å². The molecule has 0 saturated carbocycles. The van der Waals surface area contributed by atoms with Gasteiger partial charge in [0, 0.05) is 42.2 Å². The number of aryl methyl sites for hydroxylation is 1. The maximum absolute atomic E-state index is 14.9. The largest absolute Gasteiger partial charge is 0.396 e. The van der Waals surface area contributed by atoms with Gasteiger partial charge in [-0.25, -0.2) is 13.8 Å². The molecule has 0 atom stereocenters. The zero-order chi connectivity index (χ0) is 25.7. The molecule has 2 heterocycles. The lowest BCUT2D eigenvalue weighted by atomic mass is 9.99. The Bertz CT molecular complexity index is 1420. The number of pyridine rings is 1. The fourth-order valence-electron chi connectivity index (χ4n) is 4.13. The lowest BCUT2D eigenvalue weighted by Crippen LogP contribution is -2.11. The lowest BCUT2D eigenvalue weighted by Gasteiger charge is -2.11. The normalized spacial score (nSPS) is 11.6. The van der Waals surface area contributed by atoms with Gasteiger partial charge in [0.1, 0.15) is 17.5 Å². The molecule has 4 rings (SSSR count). The molecule has 0 bridgehead atoms.